The maximum Gasteiger partial charge on any atom is 0.419 e. The van der Waals surface area contributed by atoms with E-state index in [1.165, 1.54) is 26.7 Å². The number of benzene rings is 1. The Morgan fingerprint density at radius 3 is 2.44 bits per heavy atom. The van der Waals surface area contributed by atoms with Gasteiger partial charge in [-0.1, -0.05) is 0 Å². The molecule has 2 aromatic heterocycles. The number of anilines is 1. The molecule has 27 heavy (non-hydrogen) atoms. The van der Waals surface area contributed by atoms with E-state index in [-0.39, 0.29) is 17.0 Å². The van der Waals surface area contributed by atoms with Crippen LogP contribution < -0.4 is 4.72 Å². The van der Waals surface area contributed by atoms with Gasteiger partial charge in [0.15, 0.2) is 0 Å². The molecular weight excluding hydrogens is 614 g/mol. The van der Waals surface area contributed by atoms with E-state index in [2.05, 4.69) is 15.9 Å². The number of rotatable bonds is 4. The minimum Gasteiger partial charge on any atom is -0.276 e. The first-order valence-corrected chi connectivity index (χ1v) is 13.0. The van der Waals surface area contributed by atoms with Gasteiger partial charge >= 0.3 is 6.18 Å². The summed E-state index contributed by atoms with van der Waals surface area (Å²) < 4.78 is 94.9. The van der Waals surface area contributed by atoms with Gasteiger partial charge < -0.3 is 0 Å². The van der Waals surface area contributed by atoms with Crippen LogP contribution in [0.1, 0.15) is 5.56 Å². The fraction of sp³-hybridized carbons (Fsp3) is 0.0769. The summed E-state index contributed by atoms with van der Waals surface area (Å²) in [5, 5.41) is 0.330. The maximum absolute atomic E-state index is 14.0. The van der Waals surface area contributed by atoms with Crippen molar-refractivity contribution in [2.24, 2.45) is 0 Å². The van der Waals surface area contributed by atoms with E-state index in [4.69, 9.17) is 0 Å². The molecule has 0 aliphatic heterocycles. The zero-order valence-electron chi connectivity index (χ0n) is 12.4. The molecule has 4 nitrogen and oxygen atoms in total. The zero-order chi connectivity index (χ0) is 20.1. The first-order chi connectivity index (χ1) is 12.4. The van der Waals surface area contributed by atoms with Crippen molar-refractivity contribution < 1.29 is 30.4 Å². The second-order valence-corrected chi connectivity index (χ2v) is 10.8. The Balaban J connectivity index is 2.07. The van der Waals surface area contributed by atoms with Gasteiger partial charge in [0.05, 0.1) is 15.0 Å². The molecule has 0 amide bonds. The van der Waals surface area contributed by atoms with Crippen LogP contribution in [0.25, 0.3) is 10.2 Å². The van der Waals surface area contributed by atoms with Crippen LogP contribution in [0.3, 0.4) is 0 Å². The van der Waals surface area contributed by atoms with Crippen LogP contribution in [0.5, 0.6) is 0 Å². The standard InChI is InChI=1S/C13H5BrF5IN2O2S3/c14-11-1-5-10(4-22(26-20)12(5)25-11)27(23,24)21-9-3-7(15)6(2-8(9)16)13(17,18)19/h1-4,21H. The molecule has 0 atom stereocenters. The van der Waals surface area contributed by atoms with Gasteiger partial charge in [0, 0.05) is 48.0 Å². The molecule has 0 fully saturated rings. The van der Waals surface area contributed by atoms with Gasteiger partial charge in [0.2, 0.25) is 0 Å². The fourth-order valence-corrected chi connectivity index (χ4v) is 6.95. The summed E-state index contributed by atoms with van der Waals surface area (Å²) in [5.41, 5.74) is -2.74. The molecule has 3 rings (SSSR count). The fourth-order valence-electron chi connectivity index (χ4n) is 2.23. The number of thiophene rings is 1. The van der Waals surface area contributed by atoms with Crippen molar-refractivity contribution in [3.8, 4) is 0 Å². The molecule has 0 saturated heterocycles. The minimum atomic E-state index is -5.10. The normalized spacial score (nSPS) is 12.7. The van der Waals surface area contributed by atoms with Crippen molar-refractivity contribution in [1.82, 2.24) is 3.97 Å². The van der Waals surface area contributed by atoms with E-state index >= 15 is 0 Å². The topological polar surface area (TPSA) is 51.1 Å². The summed E-state index contributed by atoms with van der Waals surface area (Å²) in [7, 11) is -3.20. The van der Waals surface area contributed by atoms with E-state index in [0.29, 0.717) is 14.0 Å². The van der Waals surface area contributed by atoms with Crippen molar-refractivity contribution in [2.75, 3.05) is 4.72 Å². The molecule has 0 spiro atoms. The molecule has 0 unspecified atom stereocenters. The van der Waals surface area contributed by atoms with Crippen molar-refractivity contribution in [2.45, 2.75) is 11.1 Å². The van der Waals surface area contributed by atoms with Crippen LogP contribution in [0.2, 0.25) is 0 Å². The molecule has 14 heteroatoms. The quantitative estimate of drug-likeness (QED) is 0.272. The van der Waals surface area contributed by atoms with Crippen LogP contribution >= 0.6 is 57.6 Å². The summed E-state index contributed by atoms with van der Waals surface area (Å²) in [6, 6.07) is 1.62. The largest absolute Gasteiger partial charge is 0.419 e. The molecular formula is C13H5BrF5IN2O2S3. The summed E-state index contributed by atoms with van der Waals surface area (Å²) in [6.45, 7) is 0. The van der Waals surface area contributed by atoms with Crippen LogP contribution in [-0.2, 0) is 16.2 Å². The maximum atomic E-state index is 14.0. The Labute approximate surface area is 178 Å². The highest BCUT2D eigenvalue weighted by Crippen LogP contribution is 2.40. The smallest absolute Gasteiger partial charge is 0.276 e. The highest BCUT2D eigenvalue weighted by atomic mass is 127. The van der Waals surface area contributed by atoms with Gasteiger partial charge in [-0.25, -0.2) is 17.2 Å². The van der Waals surface area contributed by atoms with Crippen molar-refractivity contribution in [1.29, 1.82) is 0 Å². The average molecular weight is 619 g/mol. The molecule has 146 valence electrons. The number of hydrogen-bond donors (Lipinski definition) is 1. The second kappa shape index (κ2) is 7.35. The lowest BCUT2D eigenvalue weighted by molar-refractivity contribution is -0.140. The lowest BCUT2D eigenvalue weighted by Crippen LogP contribution is -2.15. The molecule has 0 radical (unpaired) electrons. The van der Waals surface area contributed by atoms with Gasteiger partial charge in [-0.15, -0.1) is 11.3 Å². The van der Waals surface area contributed by atoms with Crippen molar-refractivity contribution in [3.63, 3.8) is 0 Å². The van der Waals surface area contributed by atoms with E-state index in [9.17, 15) is 30.4 Å². The Morgan fingerprint density at radius 1 is 1.19 bits per heavy atom. The number of fused-ring (bicyclic) bond motifs is 1. The lowest BCUT2D eigenvalue weighted by atomic mass is 10.2. The molecule has 1 aromatic carbocycles. The van der Waals surface area contributed by atoms with E-state index in [1.54, 1.807) is 10.0 Å². The van der Waals surface area contributed by atoms with Crippen LogP contribution in [0.15, 0.2) is 33.1 Å². The Morgan fingerprint density at radius 2 is 1.85 bits per heavy atom. The van der Waals surface area contributed by atoms with E-state index in [1.807, 2.05) is 25.9 Å². The van der Waals surface area contributed by atoms with Crippen LogP contribution in [0, 0.1) is 11.6 Å². The number of nitrogens with one attached hydrogen (secondary N) is 1. The Kier molecular flexibility index (Phi) is 5.75. The highest BCUT2D eigenvalue weighted by molar-refractivity contribution is 14.2. The average Bonchev–Trinajstić information content (AvgIpc) is 3.06. The molecule has 3 aromatic rings. The van der Waals surface area contributed by atoms with Gasteiger partial charge in [-0.05, 0) is 28.1 Å². The van der Waals surface area contributed by atoms with Gasteiger partial charge in [-0.2, -0.15) is 13.2 Å². The summed E-state index contributed by atoms with van der Waals surface area (Å²) in [4.78, 5) is 0.379. The zero-order valence-corrected chi connectivity index (χ0v) is 18.6. The number of hydrogen-bond acceptors (Lipinski definition) is 4. The number of aromatic nitrogens is 1. The third-order valence-corrected chi connectivity index (χ3v) is 8.21. The SMILES string of the molecule is O=S(=O)(Nc1cc(F)c(C(F)(F)F)cc1F)c1cn(SI)c2sc(Br)cc12. The Hall–Kier alpha value is -0.580. The predicted octanol–water partition coefficient (Wildman–Crippen LogP) is 6.41. The summed E-state index contributed by atoms with van der Waals surface area (Å²) in [5.74, 6) is -3.33. The van der Waals surface area contributed by atoms with Crippen LogP contribution in [-0.4, -0.2) is 12.4 Å². The predicted molar refractivity (Wildman–Crippen MR) is 107 cm³/mol. The van der Waals surface area contributed by atoms with Crippen molar-refractivity contribution >= 4 is 83.5 Å². The van der Waals surface area contributed by atoms with Gasteiger partial charge in [0.25, 0.3) is 10.0 Å². The highest BCUT2D eigenvalue weighted by Gasteiger charge is 2.35. The van der Waals surface area contributed by atoms with Crippen LogP contribution in [0.4, 0.5) is 27.6 Å². The lowest BCUT2D eigenvalue weighted by Gasteiger charge is -2.12. The monoisotopic (exact) mass is 618 g/mol. The summed E-state index contributed by atoms with van der Waals surface area (Å²) >= 11 is 6.44. The number of alkyl halides is 3. The number of nitrogens with zero attached hydrogens (tertiary/aromatic N) is 1. The van der Waals surface area contributed by atoms with E-state index < -0.39 is 39.1 Å². The third kappa shape index (κ3) is 4.09. The number of halogens is 7. The Bertz CT molecular complexity index is 1140. The van der Waals surface area contributed by atoms with Crippen molar-refractivity contribution in [3.05, 3.63) is 45.4 Å². The van der Waals surface area contributed by atoms with E-state index in [0.717, 1.165) is 0 Å². The molecule has 0 saturated carbocycles. The molecule has 0 aliphatic carbocycles. The third-order valence-electron chi connectivity index (χ3n) is 3.35. The first kappa shape index (κ1) is 21.1. The molecule has 0 bridgehead atoms. The minimum absolute atomic E-state index is 0.0875. The van der Waals surface area contributed by atoms with Gasteiger partial charge in [0.1, 0.15) is 21.4 Å². The molecule has 1 N–H and O–H groups in total. The molecule has 0 aliphatic rings. The second-order valence-electron chi connectivity index (χ2n) is 5.07. The first-order valence-electron chi connectivity index (χ1n) is 6.62. The summed E-state index contributed by atoms with van der Waals surface area (Å²) in [6.07, 6.45) is -3.82. The van der Waals surface area contributed by atoms with Gasteiger partial charge in [-0.3, -0.25) is 8.69 Å². The number of sulfonamides is 1. The molecule has 2 heterocycles.